The number of hydrogen-bond donors (Lipinski definition) is 2. The van der Waals surface area contributed by atoms with Crippen molar-refractivity contribution >= 4 is 21.9 Å². The van der Waals surface area contributed by atoms with E-state index in [2.05, 4.69) is 43.4 Å². The molecule has 2 fully saturated rings. The lowest BCUT2D eigenvalue weighted by molar-refractivity contribution is 0.150. The van der Waals surface area contributed by atoms with Gasteiger partial charge in [-0.05, 0) is 66.2 Å². The number of nitrogens with one attached hydrogen (secondary N) is 2. The zero-order valence-corrected chi connectivity index (χ0v) is 17.2. The first-order valence-electron chi connectivity index (χ1n) is 9.88. The number of hydrogen-bond acceptors (Lipinski definition) is 2. The van der Waals surface area contributed by atoms with Crippen molar-refractivity contribution in [3.05, 3.63) is 34.1 Å². The molecule has 0 unspecified atom stereocenters. The second-order valence-corrected chi connectivity index (χ2v) is 8.19. The molecule has 26 heavy (non-hydrogen) atoms. The number of halogens is 2. The lowest BCUT2D eigenvalue weighted by Gasteiger charge is -2.36. The third-order valence-electron chi connectivity index (χ3n) is 5.46. The molecule has 0 amide bonds. The van der Waals surface area contributed by atoms with Crippen molar-refractivity contribution in [2.24, 2.45) is 4.99 Å². The van der Waals surface area contributed by atoms with Gasteiger partial charge in [0, 0.05) is 31.7 Å². The summed E-state index contributed by atoms with van der Waals surface area (Å²) in [6.07, 6.45) is 7.88. The molecule has 1 saturated carbocycles. The summed E-state index contributed by atoms with van der Waals surface area (Å²) in [6.45, 7) is 5.72. The van der Waals surface area contributed by atoms with Gasteiger partial charge in [-0.3, -0.25) is 0 Å². The maximum Gasteiger partial charge on any atom is 0.191 e. The Morgan fingerprint density at radius 1 is 1.23 bits per heavy atom. The van der Waals surface area contributed by atoms with Gasteiger partial charge >= 0.3 is 0 Å². The highest BCUT2D eigenvalue weighted by atomic mass is 79.9. The molecular weight excluding hydrogens is 395 g/mol. The Morgan fingerprint density at radius 3 is 2.62 bits per heavy atom. The molecule has 0 aromatic heterocycles. The molecule has 4 nitrogen and oxygen atoms in total. The van der Waals surface area contributed by atoms with E-state index in [-0.39, 0.29) is 5.82 Å². The number of guanidine groups is 1. The molecule has 0 spiro atoms. The van der Waals surface area contributed by atoms with Crippen LogP contribution in [-0.4, -0.2) is 42.6 Å². The number of likely N-dealkylation sites (tertiary alicyclic amines) is 1. The van der Waals surface area contributed by atoms with E-state index in [9.17, 15) is 4.39 Å². The predicted octanol–water partition coefficient (Wildman–Crippen LogP) is 4.05. The maximum absolute atomic E-state index is 13.7. The van der Waals surface area contributed by atoms with E-state index in [0.717, 1.165) is 37.0 Å². The minimum absolute atomic E-state index is 0.241. The molecule has 1 heterocycles. The topological polar surface area (TPSA) is 39.7 Å². The predicted molar refractivity (Wildman–Crippen MR) is 109 cm³/mol. The normalized spacial score (nSPS) is 20.5. The summed E-state index contributed by atoms with van der Waals surface area (Å²) in [5.41, 5.74) is 0.874. The molecule has 2 N–H and O–H groups in total. The van der Waals surface area contributed by atoms with Crippen molar-refractivity contribution in [3.8, 4) is 0 Å². The molecule has 3 rings (SSSR count). The Labute approximate surface area is 164 Å². The molecule has 1 aliphatic heterocycles. The van der Waals surface area contributed by atoms with Crippen LogP contribution in [-0.2, 0) is 6.54 Å². The zero-order chi connectivity index (χ0) is 18.4. The van der Waals surface area contributed by atoms with Crippen LogP contribution in [0.5, 0.6) is 0 Å². The van der Waals surface area contributed by atoms with Crippen LogP contribution in [0, 0.1) is 5.82 Å². The van der Waals surface area contributed by atoms with Crippen LogP contribution in [0.15, 0.2) is 27.7 Å². The molecular formula is C20H30BrFN4. The first-order valence-corrected chi connectivity index (χ1v) is 10.7. The largest absolute Gasteiger partial charge is 0.357 e. The summed E-state index contributed by atoms with van der Waals surface area (Å²) >= 11 is 3.19. The second-order valence-electron chi connectivity index (χ2n) is 7.34. The van der Waals surface area contributed by atoms with Crippen molar-refractivity contribution < 1.29 is 4.39 Å². The second kappa shape index (κ2) is 9.70. The van der Waals surface area contributed by atoms with Crippen molar-refractivity contribution in [2.45, 2.75) is 64.1 Å². The average molecular weight is 425 g/mol. The van der Waals surface area contributed by atoms with Gasteiger partial charge in [-0.25, -0.2) is 9.38 Å². The fourth-order valence-electron chi connectivity index (χ4n) is 4.00. The summed E-state index contributed by atoms with van der Waals surface area (Å²) in [4.78, 5) is 7.32. The molecule has 1 aliphatic carbocycles. The van der Waals surface area contributed by atoms with E-state index in [4.69, 9.17) is 0 Å². The Bertz CT molecular complexity index is 608. The molecule has 1 aromatic carbocycles. The Morgan fingerprint density at radius 2 is 1.96 bits per heavy atom. The van der Waals surface area contributed by atoms with E-state index in [1.54, 1.807) is 6.07 Å². The van der Waals surface area contributed by atoms with Crippen LogP contribution in [0.2, 0.25) is 0 Å². The Kier molecular flexibility index (Phi) is 7.32. The number of nitrogens with zero attached hydrogens (tertiary/aromatic N) is 2. The first kappa shape index (κ1) is 19.6. The van der Waals surface area contributed by atoms with Gasteiger partial charge in [-0.1, -0.05) is 18.9 Å². The number of piperidine rings is 1. The highest BCUT2D eigenvalue weighted by Crippen LogP contribution is 2.26. The Hall–Kier alpha value is -1.14. The summed E-state index contributed by atoms with van der Waals surface area (Å²) in [7, 11) is 0. The van der Waals surface area contributed by atoms with Crippen LogP contribution < -0.4 is 10.6 Å². The standard InChI is InChI=1S/C20H30BrFN4/c1-2-23-20(24-14-15-7-8-18(21)19(22)13-15)25-16-9-11-26(12-10-16)17-5-3-4-6-17/h7-8,13,16-17H,2-6,9-12,14H2,1H3,(H2,23,24,25). The fourth-order valence-corrected chi connectivity index (χ4v) is 4.25. The third-order valence-corrected chi connectivity index (χ3v) is 6.10. The van der Waals surface area contributed by atoms with Gasteiger partial charge in [0.15, 0.2) is 5.96 Å². The van der Waals surface area contributed by atoms with E-state index >= 15 is 0 Å². The molecule has 144 valence electrons. The van der Waals surface area contributed by atoms with Gasteiger partial charge in [-0.15, -0.1) is 0 Å². The third kappa shape index (κ3) is 5.43. The molecule has 1 aromatic rings. The SMILES string of the molecule is CCNC(=NCc1ccc(Br)c(F)c1)NC1CCN(C2CCCC2)CC1. The van der Waals surface area contributed by atoms with Crippen molar-refractivity contribution in [2.75, 3.05) is 19.6 Å². The molecule has 0 atom stereocenters. The number of aliphatic imine (C=N–C) groups is 1. The van der Waals surface area contributed by atoms with Gasteiger partial charge in [0.1, 0.15) is 5.82 Å². The molecule has 6 heteroatoms. The number of rotatable bonds is 5. The van der Waals surface area contributed by atoms with Crippen molar-refractivity contribution in [1.82, 2.24) is 15.5 Å². The van der Waals surface area contributed by atoms with E-state index in [1.807, 2.05) is 6.07 Å². The molecule has 0 bridgehead atoms. The highest BCUT2D eigenvalue weighted by molar-refractivity contribution is 9.10. The molecule has 2 aliphatic rings. The van der Waals surface area contributed by atoms with Crippen LogP contribution >= 0.6 is 15.9 Å². The summed E-state index contributed by atoms with van der Waals surface area (Å²) in [5.74, 6) is 0.588. The minimum Gasteiger partial charge on any atom is -0.357 e. The van der Waals surface area contributed by atoms with Crippen molar-refractivity contribution in [3.63, 3.8) is 0 Å². The van der Waals surface area contributed by atoms with E-state index in [1.165, 1.54) is 44.8 Å². The van der Waals surface area contributed by atoms with Gasteiger partial charge in [0.25, 0.3) is 0 Å². The summed E-state index contributed by atoms with van der Waals surface area (Å²) in [5, 5.41) is 6.89. The summed E-state index contributed by atoms with van der Waals surface area (Å²) < 4.78 is 14.1. The van der Waals surface area contributed by atoms with Crippen LogP contribution in [0.1, 0.15) is 51.0 Å². The highest BCUT2D eigenvalue weighted by Gasteiger charge is 2.27. The average Bonchev–Trinajstić information content (AvgIpc) is 3.18. The van der Waals surface area contributed by atoms with Gasteiger partial charge in [-0.2, -0.15) is 0 Å². The van der Waals surface area contributed by atoms with Gasteiger partial charge < -0.3 is 15.5 Å². The molecule has 0 radical (unpaired) electrons. The maximum atomic E-state index is 13.7. The summed E-state index contributed by atoms with van der Waals surface area (Å²) in [6, 6.07) is 6.47. The quantitative estimate of drug-likeness (QED) is 0.553. The number of benzene rings is 1. The van der Waals surface area contributed by atoms with Crippen molar-refractivity contribution in [1.29, 1.82) is 0 Å². The lowest BCUT2D eigenvalue weighted by Crippen LogP contribution is -2.50. The van der Waals surface area contributed by atoms with Gasteiger partial charge in [0.2, 0.25) is 0 Å². The van der Waals surface area contributed by atoms with Crippen LogP contribution in [0.4, 0.5) is 4.39 Å². The molecule has 1 saturated heterocycles. The Balaban J connectivity index is 1.52. The zero-order valence-electron chi connectivity index (χ0n) is 15.6. The fraction of sp³-hybridized carbons (Fsp3) is 0.650. The monoisotopic (exact) mass is 424 g/mol. The van der Waals surface area contributed by atoms with Gasteiger partial charge in [0.05, 0.1) is 11.0 Å². The minimum atomic E-state index is -0.241. The lowest BCUT2D eigenvalue weighted by atomic mass is 10.0. The van der Waals surface area contributed by atoms with Crippen LogP contribution in [0.25, 0.3) is 0 Å². The van der Waals surface area contributed by atoms with E-state index in [0.29, 0.717) is 17.1 Å². The first-order chi connectivity index (χ1) is 12.7. The van der Waals surface area contributed by atoms with Crippen LogP contribution in [0.3, 0.4) is 0 Å². The van der Waals surface area contributed by atoms with E-state index < -0.39 is 0 Å². The smallest absolute Gasteiger partial charge is 0.191 e.